The van der Waals surface area contributed by atoms with E-state index in [1.807, 2.05) is 0 Å². The molecule has 1 heterocycles. The van der Waals surface area contributed by atoms with Gasteiger partial charge in [-0.25, -0.2) is 17.6 Å². The van der Waals surface area contributed by atoms with Gasteiger partial charge in [0, 0.05) is 11.3 Å². The first-order chi connectivity index (χ1) is 20.2. The molecular formula is C32H27F9O2. The summed E-state index contributed by atoms with van der Waals surface area (Å²) in [5, 5.41) is -0.786. The van der Waals surface area contributed by atoms with Gasteiger partial charge in [-0.2, -0.15) is 22.0 Å². The fourth-order valence-corrected chi connectivity index (χ4v) is 6.04. The predicted molar refractivity (Wildman–Crippen MR) is 140 cm³/mol. The summed E-state index contributed by atoms with van der Waals surface area (Å²) in [4.78, 5) is 0. The molecule has 0 N–H and O–H groups in total. The summed E-state index contributed by atoms with van der Waals surface area (Å²) in [6, 6.07) is 4.59. The Morgan fingerprint density at radius 1 is 0.791 bits per heavy atom. The molecule has 3 aromatic carbocycles. The molecule has 0 radical (unpaired) electrons. The third kappa shape index (κ3) is 6.90. The molecule has 1 saturated carbocycles. The molecule has 11 heteroatoms. The van der Waals surface area contributed by atoms with Crippen LogP contribution in [0.3, 0.4) is 0 Å². The van der Waals surface area contributed by atoms with Crippen LogP contribution >= 0.6 is 0 Å². The zero-order chi connectivity index (χ0) is 31.1. The Bertz CT molecular complexity index is 1530. The van der Waals surface area contributed by atoms with Crippen molar-refractivity contribution in [2.24, 2.45) is 17.8 Å². The molecule has 2 unspecified atom stereocenters. The second kappa shape index (κ2) is 11.9. The molecule has 0 spiro atoms. The summed E-state index contributed by atoms with van der Waals surface area (Å²) in [6.45, 7) is 2.65. The summed E-state index contributed by atoms with van der Waals surface area (Å²) in [7, 11) is 0. The first-order valence-electron chi connectivity index (χ1n) is 13.9. The highest BCUT2D eigenvalue weighted by atomic mass is 19.4. The number of hydrogen-bond acceptors (Lipinski definition) is 2. The molecule has 1 aliphatic heterocycles. The quantitative estimate of drug-likeness (QED) is 0.211. The van der Waals surface area contributed by atoms with Crippen molar-refractivity contribution in [3.8, 4) is 17.6 Å². The second-order valence-corrected chi connectivity index (χ2v) is 11.3. The predicted octanol–water partition coefficient (Wildman–Crippen LogP) is 9.73. The number of ether oxygens (including phenoxy) is 2. The Hall–Kier alpha value is -3.39. The van der Waals surface area contributed by atoms with Gasteiger partial charge in [0.15, 0.2) is 0 Å². The van der Waals surface area contributed by atoms with E-state index >= 15 is 8.78 Å². The molecule has 43 heavy (non-hydrogen) atoms. The van der Waals surface area contributed by atoms with Crippen molar-refractivity contribution in [1.29, 1.82) is 0 Å². The molecular weight excluding hydrogens is 587 g/mol. The van der Waals surface area contributed by atoms with Gasteiger partial charge < -0.3 is 9.47 Å². The van der Waals surface area contributed by atoms with Crippen LogP contribution in [0.2, 0.25) is 0 Å². The van der Waals surface area contributed by atoms with Gasteiger partial charge in [-0.05, 0) is 90.8 Å². The molecule has 2 fully saturated rings. The monoisotopic (exact) mass is 614 g/mol. The summed E-state index contributed by atoms with van der Waals surface area (Å²) in [5.41, 5.74) is -2.73. The maximum absolute atomic E-state index is 15.1. The van der Waals surface area contributed by atoms with Crippen LogP contribution in [0.15, 0.2) is 36.4 Å². The minimum atomic E-state index is -5.00. The smallest absolute Gasteiger partial charge is 0.429 e. The standard InChI is InChI=1S/C32H27F9O2/c1-17-2-4-18(5-3-17)19-6-9-28(42-16-19)21-14-26(34)29(27(35)15-21)32(40,41)43-22-7-8-23-20(12-22)13-25(33)24(30(23)36)10-11-31(37,38)39/h7-8,12-15,17-19,28H,2-6,9,16H2,1H3. The van der Waals surface area contributed by atoms with Crippen LogP contribution < -0.4 is 4.74 Å². The molecule has 2 atom stereocenters. The Kier molecular flexibility index (Phi) is 8.63. The minimum absolute atomic E-state index is 0.0892. The average Bonchev–Trinajstić information content (AvgIpc) is 2.92. The Balaban J connectivity index is 1.32. The van der Waals surface area contributed by atoms with Gasteiger partial charge in [-0.15, -0.1) is 0 Å². The van der Waals surface area contributed by atoms with E-state index in [0.29, 0.717) is 36.8 Å². The maximum Gasteiger partial charge on any atom is 0.458 e. The maximum atomic E-state index is 15.1. The van der Waals surface area contributed by atoms with Crippen LogP contribution in [-0.4, -0.2) is 12.8 Å². The normalized spacial score (nSPS) is 23.1. The summed E-state index contributed by atoms with van der Waals surface area (Å²) < 4.78 is 137. The third-order valence-electron chi connectivity index (χ3n) is 8.34. The van der Waals surface area contributed by atoms with Gasteiger partial charge in [0.1, 0.15) is 34.6 Å². The van der Waals surface area contributed by atoms with E-state index in [9.17, 15) is 30.7 Å². The lowest BCUT2D eigenvalue weighted by Gasteiger charge is -2.37. The Morgan fingerprint density at radius 2 is 1.44 bits per heavy atom. The fraction of sp³-hybridized carbons (Fsp3) is 0.438. The lowest BCUT2D eigenvalue weighted by atomic mass is 9.74. The van der Waals surface area contributed by atoms with E-state index < -0.39 is 63.9 Å². The highest BCUT2D eigenvalue weighted by molar-refractivity contribution is 5.86. The largest absolute Gasteiger partial charge is 0.458 e. The number of hydrogen-bond donors (Lipinski definition) is 0. The van der Waals surface area contributed by atoms with Crippen LogP contribution in [0.1, 0.15) is 68.2 Å². The molecule has 1 saturated heterocycles. The van der Waals surface area contributed by atoms with E-state index in [0.717, 1.165) is 68.4 Å². The molecule has 0 bridgehead atoms. The fourth-order valence-electron chi connectivity index (χ4n) is 6.04. The van der Waals surface area contributed by atoms with E-state index in [1.165, 1.54) is 5.92 Å². The number of halogens is 9. The van der Waals surface area contributed by atoms with Crippen molar-refractivity contribution < 1.29 is 49.0 Å². The van der Waals surface area contributed by atoms with Crippen molar-refractivity contribution in [3.05, 3.63) is 76.4 Å². The van der Waals surface area contributed by atoms with Crippen molar-refractivity contribution in [1.82, 2.24) is 0 Å². The average molecular weight is 615 g/mol. The van der Waals surface area contributed by atoms with Crippen molar-refractivity contribution in [2.75, 3.05) is 6.61 Å². The van der Waals surface area contributed by atoms with Crippen LogP contribution in [0.4, 0.5) is 39.5 Å². The first-order valence-corrected chi connectivity index (χ1v) is 13.9. The molecule has 2 nitrogen and oxygen atoms in total. The van der Waals surface area contributed by atoms with Gasteiger partial charge in [0.05, 0.1) is 18.3 Å². The van der Waals surface area contributed by atoms with Crippen LogP contribution in [0.5, 0.6) is 5.75 Å². The number of benzene rings is 3. The van der Waals surface area contributed by atoms with Gasteiger partial charge in [-0.3, -0.25) is 0 Å². The van der Waals surface area contributed by atoms with Crippen molar-refractivity contribution in [3.63, 3.8) is 0 Å². The minimum Gasteiger partial charge on any atom is -0.429 e. The van der Waals surface area contributed by atoms with Gasteiger partial charge in [0.25, 0.3) is 0 Å². The van der Waals surface area contributed by atoms with Crippen LogP contribution in [0, 0.1) is 52.9 Å². The molecule has 2 aliphatic rings. The molecule has 5 rings (SSSR count). The van der Waals surface area contributed by atoms with E-state index in [4.69, 9.17) is 4.74 Å². The topological polar surface area (TPSA) is 18.5 Å². The molecule has 3 aromatic rings. The number of fused-ring (bicyclic) bond motifs is 1. The first kappa shape index (κ1) is 31.0. The van der Waals surface area contributed by atoms with E-state index in [1.54, 1.807) is 0 Å². The number of alkyl halides is 5. The summed E-state index contributed by atoms with van der Waals surface area (Å²) >= 11 is 0. The molecule has 0 amide bonds. The van der Waals surface area contributed by atoms with Gasteiger partial charge >= 0.3 is 12.3 Å². The lowest BCUT2D eigenvalue weighted by molar-refractivity contribution is -0.189. The SMILES string of the molecule is CC1CCC(C2CCC(c3cc(F)c(C(F)(F)Oc4ccc5c(F)c(C#CC(F)(F)F)c(F)cc5c4)c(F)c3)OC2)CC1. The van der Waals surface area contributed by atoms with E-state index in [2.05, 4.69) is 11.7 Å². The van der Waals surface area contributed by atoms with Crippen molar-refractivity contribution >= 4 is 10.8 Å². The van der Waals surface area contributed by atoms with Gasteiger partial charge in [-0.1, -0.05) is 25.7 Å². The van der Waals surface area contributed by atoms with Crippen LogP contribution in [-0.2, 0) is 10.8 Å². The molecule has 230 valence electrons. The highest BCUT2D eigenvalue weighted by Crippen LogP contribution is 2.42. The third-order valence-corrected chi connectivity index (χ3v) is 8.34. The molecule has 0 aromatic heterocycles. The Morgan fingerprint density at radius 3 is 2.05 bits per heavy atom. The zero-order valence-electron chi connectivity index (χ0n) is 22.9. The Labute approximate surface area is 242 Å². The zero-order valence-corrected chi connectivity index (χ0v) is 22.9. The summed E-state index contributed by atoms with van der Waals surface area (Å²) in [6.07, 6.45) is -4.34. The van der Waals surface area contributed by atoms with Crippen LogP contribution in [0.25, 0.3) is 10.8 Å². The lowest BCUT2D eigenvalue weighted by Crippen LogP contribution is -2.30. The van der Waals surface area contributed by atoms with Gasteiger partial charge in [0.2, 0.25) is 0 Å². The summed E-state index contributed by atoms with van der Waals surface area (Å²) in [5.74, 6) is -3.00. The second-order valence-electron chi connectivity index (χ2n) is 11.3. The molecule has 1 aliphatic carbocycles. The highest BCUT2D eigenvalue weighted by Gasteiger charge is 2.42. The number of rotatable bonds is 5. The van der Waals surface area contributed by atoms with E-state index in [-0.39, 0.29) is 10.9 Å². The van der Waals surface area contributed by atoms with Crippen molar-refractivity contribution in [2.45, 2.75) is 63.8 Å².